The second-order valence-electron chi connectivity index (χ2n) is 5.68. The van der Waals surface area contributed by atoms with Crippen LogP contribution in [0.15, 0.2) is 12.1 Å². The number of benzene rings is 1. The Morgan fingerprint density at radius 2 is 1.92 bits per heavy atom. The van der Waals surface area contributed by atoms with Gasteiger partial charge in [-0.1, -0.05) is 0 Å². The number of carbonyl (C=O) groups is 2. The average Bonchev–Trinajstić information content (AvgIpc) is 3.09. The van der Waals surface area contributed by atoms with E-state index >= 15 is 0 Å². The number of hydrogen-bond acceptors (Lipinski definition) is 6. The van der Waals surface area contributed by atoms with Gasteiger partial charge >= 0.3 is 5.97 Å². The van der Waals surface area contributed by atoms with Gasteiger partial charge in [0.1, 0.15) is 0 Å². The van der Waals surface area contributed by atoms with E-state index in [1.165, 1.54) is 18.4 Å². The molecule has 1 aliphatic rings. The first-order valence-corrected chi connectivity index (χ1v) is 8.37. The lowest BCUT2D eigenvalue weighted by molar-refractivity contribution is -0.141. The summed E-state index contributed by atoms with van der Waals surface area (Å²) in [6.45, 7) is 2.35. The summed E-state index contributed by atoms with van der Waals surface area (Å²) in [4.78, 5) is 26.6. The lowest BCUT2D eigenvalue weighted by atomic mass is 10.1. The molecule has 2 aromatic rings. The lowest BCUT2D eigenvalue weighted by Crippen LogP contribution is -2.35. The number of fused-ring (bicyclic) bond motifs is 3. The first-order chi connectivity index (χ1) is 11.5. The van der Waals surface area contributed by atoms with Crippen molar-refractivity contribution in [3.63, 3.8) is 0 Å². The van der Waals surface area contributed by atoms with Gasteiger partial charge in [0.05, 0.1) is 32.6 Å². The van der Waals surface area contributed by atoms with Crippen molar-refractivity contribution in [2.24, 2.45) is 0 Å². The number of amides is 1. The van der Waals surface area contributed by atoms with E-state index in [1.807, 2.05) is 19.1 Å². The van der Waals surface area contributed by atoms with E-state index in [4.69, 9.17) is 14.2 Å². The maximum absolute atomic E-state index is 12.7. The number of nitrogens with zero attached hydrogens (tertiary/aromatic N) is 1. The summed E-state index contributed by atoms with van der Waals surface area (Å²) in [7, 11) is 4.53. The van der Waals surface area contributed by atoms with Crippen LogP contribution in [0.4, 0.5) is 0 Å². The SMILES string of the molecule is COC(=O)C[C@@H](C)N1Cc2c(sc3cc(OC)c(OC)cc23)C1=O. The fourth-order valence-electron chi connectivity index (χ4n) is 2.97. The minimum absolute atomic E-state index is 0.0412. The number of methoxy groups -OCH3 is 3. The molecular formula is C17H19NO5S. The molecule has 1 aromatic carbocycles. The molecule has 3 rings (SSSR count). The van der Waals surface area contributed by atoms with Gasteiger partial charge in [0.15, 0.2) is 11.5 Å². The third-order valence-corrected chi connectivity index (χ3v) is 5.49. The molecule has 0 saturated heterocycles. The topological polar surface area (TPSA) is 65.1 Å². The highest BCUT2D eigenvalue weighted by molar-refractivity contribution is 7.21. The Morgan fingerprint density at radius 3 is 2.54 bits per heavy atom. The van der Waals surface area contributed by atoms with Crippen LogP contribution in [0, 0.1) is 0 Å². The third-order valence-electron chi connectivity index (χ3n) is 4.30. The number of thiophene rings is 1. The fourth-order valence-corrected chi connectivity index (χ4v) is 4.15. The molecule has 1 atom stereocenters. The van der Waals surface area contributed by atoms with E-state index in [0.717, 1.165) is 20.5 Å². The van der Waals surface area contributed by atoms with Crippen LogP contribution < -0.4 is 9.47 Å². The molecule has 0 bridgehead atoms. The first-order valence-electron chi connectivity index (χ1n) is 7.55. The van der Waals surface area contributed by atoms with Gasteiger partial charge in [-0.25, -0.2) is 0 Å². The monoisotopic (exact) mass is 349 g/mol. The molecule has 0 unspecified atom stereocenters. The van der Waals surface area contributed by atoms with Crippen LogP contribution in [-0.4, -0.2) is 44.1 Å². The molecule has 0 saturated carbocycles. The minimum Gasteiger partial charge on any atom is -0.493 e. The van der Waals surface area contributed by atoms with Crippen LogP contribution in [0.3, 0.4) is 0 Å². The van der Waals surface area contributed by atoms with Gasteiger partial charge in [0.2, 0.25) is 0 Å². The Labute approximate surface area is 143 Å². The smallest absolute Gasteiger partial charge is 0.307 e. The molecule has 0 radical (unpaired) electrons. The predicted octanol–water partition coefficient (Wildman–Crippen LogP) is 2.83. The van der Waals surface area contributed by atoms with Gasteiger partial charge in [-0.05, 0) is 13.0 Å². The van der Waals surface area contributed by atoms with Crippen molar-refractivity contribution in [1.82, 2.24) is 4.90 Å². The number of hydrogen-bond donors (Lipinski definition) is 0. The highest BCUT2D eigenvalue weighted by Crippen LogP contribution is 2.43. The van der Waals surface area contributed by atoms with Gasteiger partial charge in [-0.15, -0.1) is 11.3 Å². The zero-order valence-corrected chi connectivity index (χ0v) is 14.9. The van der Waals surface area contributed by atoms with Gasteiger partial charge < -0.3 is 19.1 Å². The van der Waals surface area contributed by atoms with Crippen molar-refractivity contribution < 1.29 is 23.8 Å². The van der Waals surface area contributed by atoms with Crippen molar-refractivity contribution in [1.29, 1.82) is 0 Å². The molecule has 7 heteroatoms. The van der Waals surface area contributed by atoms with Gasteiger partial charge in [-0.2, -0.15) is 0 Å². The second-order valence-corrected chi connectivity index (χ2v) is 6.73. The predicted molar refractivity (Wildman–Crippen MR) is 90.9 cm³/mol. The Kier molecular flexibility index (Phi) is 4.36. The minimum atomic E-state index is -0.318. The van der Waals surface area contributed by atoms with Gasteiger partial charge in [-0.3, -0.25) is 9.59 Å². The Hall–Kier alpha value is -2.28. The van der Waals surface area contributed by atoms with Crippen molar-refractivity contribution >= 4 is 33.3 Å². The molecular weight excluding hydrogens is 330 g/mol. The van der Waals surface area contributed by atoms with Crippen LogP contribution in [-0.2, 0) is 16.1 Å². The Bertz CT molecular complexity index is 813. The number of esters is 1. The normalized spacial score (nSPS) is 14.7. The van der Waals surface area contributed by atoms with E-state index in [2.05, 4.69) is 0 Å². The van der Waals surface area contributed by atoms with Crippen LogP contribution >= 0.6 is 11.3 Å². The summed E-state index contributed by atoms with van der Waals surface area (Å²) >= 11 is 1.45. The lowest BCUT2D eigenvalue weighted by Gasteiger charge is -2.23. The molecule has 6 nitrogen and oxygen atoms in total. The van der Waals surface area contributed by atoms with Crippen LogP contribution in [0.5, 0.6) is 11.5 Å². The maximum atomic E-state index is 12.7. The largest absolute Gasteiger partial charge is 0.493 e. The molecule has 1 aromatic heterocycles. The molecule has 2 heterocycles. The first kappa shape index (κ1) is 16.6. The Balaban J connectivity index is 1.96. The summed E-state index contributed by atoms with van der Waals surface area (Å²) in [5, 5.41) is 0.994. The van der Waals surface area contributed by atoms with E-state index in [0.29, 0.717) is 18.0 Å². The van der Waals surface area contributed by atoms with Crippen LogP contribution in [0.2, 0.25) is 0 Å². The van der Waals surface area contributed by atoms with E-state index in [9.17, 15) is 9.59 Å². The van der Waals surface area contributed by atoms with Crippen molar-refractivity contribution in [2.75, 3.05) is 21.3 Å². The zero-order chi connectivity index (χ0) is 17.4. The highest BCUT2D eigenvalue weighted by Gasteiger charge is 2.35. The molecule has 1 aliphatic heterocycles. The van der Waals surface area contributed by atoms with E-state index in [1.54, 1.807) is 19.1 Å². The summed E-state index contributed by atoms with van der Waals surface area (Å²) in [6, 6.07) is 3.59. The summed E-state index contributed by atoms with van der Waals surface area (Å²) in [5.74, 6) is 0.926. The summed E-state index contributed by atoms with van der Waals surface area (Å²) in [6.07, 6.45) is 0.187. The van der Waals surface area contributed by atoms with Crippen LogP contribution in [0.1, 0.15) is 28.6 Å². The summed E-state index contributed by atoms with van der Waals surface area (Å²) < 4.78 is 16.4. The van der Waals surface area contributed by atoms with E-state index < -0.39 is 0 Å². The Morgan fingerprint density at radius 1 is 1.25 bits per heavy atom. The fraction of sp³-hybridized carbons (Fsp3) is 0.412. The van der Waals surface area contributed by atoms with Gasteiger partial charge in [0, 0.05) is 34.3 Å². The number of carbonyl (C=O) groups excluding carboxylic acids is 2. The molecule has 24 heavy (non-hydrogen) atoms. The summed E-state index contributed by atoms with van der Waals surface area (Å²) in [5.41, 5.74) is 0.984. The maximum Gasteiger partial charge on any atom is 0.307 e. The zero-order valence-electron chi connectivity index (χ0n) is 14.0. The molecule has 0 aliphatic carbocycles. The molecule has 0 spiro atoms. The molecule has 1 amide bonds. The highest BCUT2D eigenvalue weighted by atomic mass is 32.1. The quantitative estimate of drug-likeness (QED) is 0.777. The van der Waals surface area contributed by atoms with Crippen LogP contribution in [0.25, 0.3) is 10.1 Å². The molecule has 128 valence electrons. The standard InChI is InChI=1S/C17H19NO5S/c1-9(5-15(19)23-4)18-8-11-10-6-12(21-2)13(22-3)7-14(10)24-16(11)17(18)20/h6-7,9H,5,8H2,1-4H3/t9-/m1/s1. The van der Waals surface area contributed by atoms with Gasteiger partial charge in [0.25, 0.3) is 5.91 Å². The number of rotatable bonds is 5. The van der Waals surface area contributed by atoms with Crippen molar-refractivity contribution in [3.05, 3.63) is 22.6 Å². The van der Waals surface area contributed by atoms with E-state index in [-0.39, 0.29) is 24.3 Å². The van der Waals surface area contributed by atoms with Crippen molar-refractivity contribution in [2.45, 2.75) is 25.9 Å². The third kappa shape index (κ3) is 2.58. The molecule has 0 fully saturated rings. The molecule has 0 N–H and O–H groups in total. The second kappa shape index (κ2) is 6.32. The number of ether oxygens (including phenoxy) is 3. The van der Waals surface area contributed by atoms with Crippen molar-refractivity contribution in [3.8, 4) is 11.5 Å². The average molecular weight is 349 g/mol.